The van der Waals surface area contributed by atoms with Crippen molar-refractivity contribution in [1.82, 2.24) is 10.1 Å². The molecular weight excluding hydrogens is 354 g/mol. The van der Waals surface area contributed by atoms with Crippen LogP contribution in [0.2, 0.25) is 0 Å². The van der Waals surface area contributed by atoms with Crippen molar-refractivity contribution in [2.24, 2.45) is 0 Å². The van der Waals surface area contributed by atoms with Crippen LogP contribution in [0.3, 0.4) is 0 Å². The van der Waals surface area contributed by atoms with E-state index in [0.29, 0.717) is 37.0 Å². The molecule has 1 atom stereocenters. The molecule has 6 heteroatoms. The second-order valence-electron chi connectivity index (χ2n) is 7.08. The van der Waals surface area contributed by atoms with E-state index in [0.717, 1.165) is 16.8 Å². The number of nitrogens with zero attached hydrogens (tertiary/aromatic N) is 3. The number of hydrogen-bond acceptors (Lipinski definition) is 5. The summed E-state index contributed by atoms with van der Waals surface area (Å²) in [4.78, 5) is 19.0. The summed E-state index contributed by atoms with van der Waals surface area (Å²) in [7, 11) is 0. The molecule has 0 aliphatic carbocycles. The third-order valence-corrected chi connectivity index (χ3v) is 4.99. The summed E-state index contributed by atoms with van der Waals surface area (Å²) in [6.45, 7) is 7.06. The van der Waals surface area contributed by atoms with Crippen molar-refractivity contribution < 1.29 is 14.1 Å². The smallest absolute Gasteiger partial charge is 0.232 e. The highest BCUT2D eigenvalue weighted by Gasteiger charge is 2.36. The molecule has 6 nitrogen and oxygen atoms in total. The number of rotatable bonds is 5. The number of hydrogen-bond donors (Lipinski definition) is 0. The van der Waals surface area contributed by atoms with Crippen LogP contribution in [-0.2, 0) is 4.79 Å². The van der Waals surface area contributed by atoms with Crippen LogP contribution < -0.4 is 9.64 Å². The van der Waals surface area contributed by atoms with Crippen LogP contribution >= 0.6 is 0 Å². The first-order chi connectivity index (χ1) is 13.6. The number of aryl methyl sites for hydroxylation is 2. The number of anilines is 1. The molecule has 1 fully saturated rings. The standard InChI is InChI=1S/C22H23N3O3/c1-4-27-19-8-6-5-7-18(19)25-13-16(12-20(25)26)22-23-21(24-28-22)17-10-9-14(2)11-15(17)3/h5-11,16H,4,12-13H2,1-3H3. The van der Waals surface area contributed by atoms with Gasteiger partial charge in [-0.3, -0.25) is 4.79 Å². The zero-order valence-corrected chi connectivity index (χ0v) is 16.3. The third kappa shape index (κ3) is 3.38. The van der Waals surface area contributed by atoms with E-state index in [1.165, 1.54) is 5.56 Å². The van der Waals surface area contributed by atoms with Crippen molar-refractivity contribution >= 4 is 11.6 Å². The second-order valence-corrected chi connectivity index (χ2v) is 7.08. The molecule has 144 valence electrons. The molecule has 1 aliphatic rings. The summed E-state index contributed by atoms with van der Waals surface area (Å²) in [5, 5.41) is 4.15. The molecule has 2 aromatic carbocycles. The summed E-state index contributed by atoms with van der Waals surface area (Å²) >= 11 is 0. The number of aromatic nitrogens is 2. The van der Waals surface area contributed by atoms with Gasteiger partial charge in [0.25, 0.3) is 0 Å². The van der Waals surface area contributed by atoms with Crippen molar-refractivity contribution in [2.75, 3.05) is 18.1 Å². The molecule has 1 aromatic heterocycles. The molecule has 0 N–H and O–H groups in total. The van der Waals surface area contributed by atoms with Gasteiger partial charge >= 0.3 is 0 Å². The lowest BCUT2D eigenvalue weighted by atomic mass is 10.1. The SMILES string of the molecule is CCOc1ccccc1N1CC(c2nc(-c3ccc(C)cc3C)no2)CC1=O. The zero-order valence-electron chi connectivity index (χ0n) is 16.3. The summed E-state index contributed by atoms with van der Waals surface area (Å²) in [5.41, 5.74) is 4.02. The Hall–Kier alpha value is -3.15. The maximum absolute atomic E-state index is 12.7. The normalized spacial score (nSPS) is 16.6. The number of benzene rings is 2. The van der Waals surface area contributed by atoms with Crippen LogP contribution in [-0.4, -0.2) is 29.2 Å². The Labute approximate surface area is 164 Å². The zero-order chi connectivity index (χ0) is 19.7. The fourth-order valence-corrected chi connectivity index (χ4v) is 3.64. The largest absolute Gasteiger partial charge is 0.492 e. The minimum atomic E-state index is -0.130. The van der Waals surface area contributed by atoms with Gasteiger partial charge in [-0.05, 0) is 38.5 Å². The van der Waals surface area contributed by atoms with Gasteiger partial charge in [0.05, 0.1) is 18.2 Å². The van der Waals surface area contributed by atoms with Crippen molar-refractivity contribution in [2.45, 2.75) is 33.1 Å². The molecule has 0 bridgehead atoms. The van der Waals surface area contributed by atoms with Gasteiger partial charge in [0.2, 0.25) is 17.6 Å². The number of amides is 1. The Kier molecular flexibility index (Phi) is 4.86. The lowest BCUT2D eigenvalue weighted by Crippen LogP contribution is -2.25. The van der Waals surface area contributed by atoms with E-state index in [1.54, 1.807) is 4.90 Å². The third-order valence-electron chi connectivity index (χ3n) is 4.99. The van der Waals surface area contributed by atoms with E-state index >= 15 is 0 Å². The average Bonchev–Trinajstić information content (AvgIpc) is 3.29. The molecule has 1 aliphatic heterocycles. The summed E-state index contributed by atoms with van der Waals surface area (Å²) < 4.78 is 11.2. The van der Waals surface area contributed by atoms with Crippen LogP contribution in [0.15, 0.2) is 47.0 Å². The van der Waals surface area contributed by atoms with Crippen molar-refractivity contribution in [1.29, 1.82) is 0 Å². The highest BCUT2D eigenvalue weighted by Crippen LogP contribution is 2.36. The molecule has 0 spiro atoms. The highest BCUT2D eigenvalue weighted by atomic mass is 16.5. The van der Waals surface area contributed by atoms with Crippen LogP contribution in [0.1, 0.15) is 36.3 Å². The van der Waals surface area contributed by atoms with Crippen molar-refractivity contribution in [3.05, 3.63) is 59.5 Å². The van der Waals surface area contributed by atoms with Crippen molar-refractivity contribution in [3.63, 3.8) is 0 Å². The molecule has 1 amide bonds. The lowest BCUT2D eigenvalue weighted by molar-refractivity contribution is -0.117. The number of carbonyl (C=O) groups excluding carboxylic acids is 1. The van der Waals surface area contributed by atoms with Gasteiger partial charge < -0.3 is 14.2 Å². The first kappa shape index (κ1) is 18.2. The van der Waals surface area contributed by atoms with Crippen LogP contribution in [0.5, 0.6) is 5.75 Å². The summed E-state index contributed by atoms with van der Waals surface area (Å²) in [6, 6.07) is 13.7. The van der Waals surface area contributed by atoms with E-state index in [9.17, 15) is 4.79 Å². The first-order valence-corrected chi connectivity index (χ1v) is 9.50. The van der Waals surface area contributed by atoms with Crippen molar-refractivity contribution in [3.8, 4) is 17.1 Å². The molecule has 2 heterocycles. The van der Waals surface area contributed by atoms with E-state index in [1.807, 2.05) is 50.2 Å². The lowest BCUT2D eigenvalue weighted by Gasteiger charge is -2.19. The van der Waals surface area contributed by atoms with E-state index < -0.39 is 0 Å². The quantitative estimate of drug-likeness (QED) is 0.664. The molecule has 3 aromatic rings. The Morgan fingerprint density at radius 1 is 1.21 bits per heavy atom. The topological polar surface area (TPSA) is 68.5 Å². The molecule has 0 saturated carbocycles. The minimum Gasteiger partial charge on any atom is -0.492 e. The van der Waals surface area contributed by atoms with Crippen LogP contribution in [0.4, 0.5) is 5.69 Å². The Morgan fingerprint density at radius 2 is 2.04 bits per heavy atom. The van der Waals surface area contributed by atoms with Gasteiger partial charge in [-0.1, -0.05) is 41.1 Å². The van der Waals surface area contributed by atoms with Gasteiger partial charge in [0.15, 0.2) is 0 Å². The molecule has 28 heavy (non-hydrogen) atoms. The van der Waals surface area contributed by atoms with Gasteiger partial charge in [-0.25, -0.2) is 0 Å². The predicted molar refractivity (Wildman–Crippen MR) is 107 cm³/mol. The van der Waals surface area contributed by atoms with E-state index in [-0.39, 0.29) is 11.8 Å². The van der Waals surface area contributed by atoms with E-state index in [2.05, 4.69) is 23.1 Å². The van der Waals surface area contributed by atoms with E-state index in [4.69, 9.17) is 9.26 Å². The fourth-order valence-electron chi connectivity index (χ4n) is 3.64. The maximum Gasteiger partial charge on any atom is 0.232 e. The van der Waals surface area contributed by atoms with Gasteiger partial charge in [-0.15, -0.1) is 0 Å². The Morgan fingerprint density at radius 3 is 2.82 bits per heavy atom. The van der Waals surface area contributed by atoms with Gasteiger partial charge in [0, 0.05) is 18.5 Å². The second kappa shape index (κ2) is 7.46. The Balaban J connectivity index is 1.58. The summed E-state index contributed by atoms with van der Waals surface area (Å²) in [5.74, 6) is 1.67. The van der Waals surface area contributed by atoms with Gasteiger partial charge in [0.1, 0.15) is 5.75 Å². The van der Waals surface area contributed by atoms with Crippen LogP contribution in [0, 0.1) is 13.8 Å². The average molecular weight is 377 g/mol. The molecule has 1 unspecified atom stereocenters. The number of para-hydroxylation sites is 2. The highest BCUT2D eigenvalue weighted by molar-refractivity contribution is 5.97. The molecule has 1 saturated heterocycles. The monoisotopic (exact) mass is 377 g/mol. The molecule has 0 radical (unpaired) electrons. The van der Waals surface area contributed by atoms with Crippen LogP contribution in [0.25, 0.3) is 11.4 Å². The molecule has 4 rings (SSSR count). The van der Waals surface area contributed by atoms with Gasteiger partial charge in [-0.2, -0.15) is 4.98 Å². The number of carbonyl (C=O) groups is 1. The maximum atomic E-state index is 12.7. The predicted octanol–water partition coefficient (Wildman–Crippen LogP) is 4.27. The first-order valence-electron chi connectivity index (χ1n) is 9.50. The Bertz CT molecular complexity index is 1010. The minimum absolute atomic E-state index is 0.0309. The fraction of sp³-hybridized carbons (Fsp3) is 0.318. The summed E-state index contributed by atoms with van der Waals surface area (Å²) in [6.07, 6.45) is 0.342. The molecular formula is C22H23N3O3. The number of ether oxygens (including phenoxy) is 1.